The quantitative estimate of drug-likeness (QED) is 0.719. The van der Waals surface area contributed by atoms with Crippen molar-refractivity contribution in [1.82, 2.24) is 0 Å². The number of benzene rings is 1. The maximum absolute atomic E-state index is 10.5. The lowest BCUT2D eigenvalue weighted by Gasteiger charge is -2.11. The van der Waals surface area contributed by atoms with Crippen LogP contribution in [0.1, 0.15) is 22.8 Å². The third kappa shape index (κ3) is 1.97. The standard InChI is InChI=1S/C10H14N2O2/c1-6-3-8(9(13)5-11)4-7(2)10(6)12-14/h3-4,9,13H,5,11H2,1-2H3. The van der Waals surface area contributed by atoms with E-state index in [1.807, 2.05) is 0 Å². The van der Waals surface area contributed by atoms with E-state index in [4.69, 9.17) is 5.73 Å². The molecule has 3 N–H and O–H groups in total. The Hall–Kier alpha value is -1.26. The van der Waals surface area contributed by atoms with E-state index in [2.05, 4.69) is 5.18 Å². The SMILES string of the molecule is Cc1cc(C(O)CN)cc(C)c1N=O. The van der Waals surface area contributed by atoms with Gasteiger partial charge in [-0.25, -0.2) is 0 Å². The van der Waals surface area contributed by atoms with Gasteiger partial charge in [-0.05, 0) is 35.7 Å². The van der Waals surface area contributed by atoms with Gasteiger partial charge in [0.15, 0.2) is 0 Å². The van der Waals surface area contributed by atoms with Crippen LogP contribution in [0.25, 0.3) is 0 Å². The Balaban J connectivity index is 3.20. The minimum atomic E-state index is -0.673. The average molecular weight is 194 g/mol. The molecule has 14 heavy (non-hydrogen) atoms. The van der Waals surface area contributed by atoms with Crippen LogP contribution in [0.15, 0.2) is 17.3 Å². The third-order valence-electron chi connectivity index (χ3n) is 2.21. The van der Waals surface area contributed by atoms with Gasteiger partial charge in [0.05, 0.1) is 6.10 Å². The molecule has 1 unspecified atom stereocenters. The first-order valence-electron chi connectivity index (χ1n) is 4.42. The smallest absolute Gasteiger partial charge is 0.113 e. The van der Waals surface area contributed by atoms with Gasteiger partial charge in [-0.15, -0.1) is 4.91 Å². The van der Waals surface area contributed by atoms with E-state index in [1.165, 1.54) is 0 Å². The zero-order valence-electron chi connectivity index (χ0n) is 8.32. The third-order valence-corrected chi connectivity index (χ3v) is 2.21. The first-order valence-corrected chi connectivity index (χ1v) is 4.42. The minimum absolute atomic E-state index is 0.173. The normalized spacial score (nSPS) is 12.6. The van der Waals surface area contributed by atoms with Crippen LogP contribution in [0.5, 0.6) is 0 Å². The number of aliphatic hydroxyl groups excluding tert-OH is 1. The first kappa shape index (κ1) is 10.8. The number of hydrogen-bond donors (Lipinski definition) is 2. The van der Waals surface area contributed by atoms with Crippen molar-refractivity contribution in [2.45, 2.75) is 20.0 Å². The fraction of sp³-hybridized carbons (Fsp3) is 0.400. The van der Waals surface area contributed by atoms with Crippen LogP contribution >= 0.6 is 0 Å². The predicted molar refractivity (Wildman–Crippen MR) is 55.4 cm³/mol. The molecule has 0 amide bonds. The Morgan fingerprint density at radius 3 is 2.29 bits per heavy atom. The lowest BCUT2D eigenvalue weighted by atomic mass is 10.0. The lowest BCUT2D eigenvalue weighted by Crippen LogP contribution is -2.11. The summed E-state index contributed by atoms with van der Waals surface area (Å²) in [6, 6.07) is 3.47. The summed E-state index contributed by atoms with van der Waals surface area (Å²) in [5, 5.41) is 12.4. The van der Waals surface area contributed by atoms with Crippen molar-refractivity contribution >= 4 is 5.69 Å². The van der Waals surface area contributed by atoms with Gasteiger partial charge in [0.2, 0.25) is 0 Å². The van der Waals surface area contributed by atoms with Gasteiger partial charge < -0.3 is 10.8 Å². The van der Waals surface area contributed by atoms with Crippen LogP contribution in [0.4, 0.5) is 5.69 Å². The largest absolute Gasteiger partial charge is 0.387 e. The van der Waals surface area contributed by atoms with Gasteiger partial charge >= 0.3 is 0 Å². The van der Waals surface area contributed by atoms with Crippen LogP contribution in [0, 0.1) is 18.8 Å². The minimum Gasteiger partial charge on any atom is -0.387 e. The summed E-state index contributed by atoms with van der Waals surface area (Å²) in [5.74, 6) is 0. The first-order chi connectivity index (χ1) is 6.60. The molecule has 0 aliphatic heterocycles. The van der Waals surface area contributed by atoms with Gasteiger partial charge in [-0.2, -0.15) is 0 Å². The van der Waals surface area contributed by atoms with Crippen molar-refractivity contribution in [3.8, 4) is 0 Å². The van der Waals surface area contributed by atoms with Crippen LogP contribution in [0.2, 0.25) is 0 Å². The maximum atomic E-state index is 10.5. The molecular weight excluding hydrogens is 180 g/mol. The molecule has 0 saturated heterocycles. The van der Waals surface area contributed by atoms with Gasteiger partial charge in [0, 0.05) is 6.54 Å². The van der Waals surface area contributed by atoms with Crippen molar-refractivity contribution in [3.63, 3.8) is 0 Å². The van der Waals surface area contributed by atoms with Crippen molar-refractivity contribution in [2.75, 3.05) is 6.54 Å². The molecule has 0 saturated carbocycles. The summed E-state index contributed by atoms with van der Waals surface area (Å²) in [7, 11) is 0. The van der Waals surface area contributed by atoms with E-state index in [1.54, 1.807) is 26.0 Å². The molecule has 0 aliphatic carbocycles. The Labute approximate surface area is 82.7 Å². The highest BCUT2D eigenvalue weighted by Crippen LogP contribution is 2.27. The molecular formula is C10H14N2O2. The zero-order valence-corrected chi connectivity index (χ0v) is 8.32. The van der Waals surface area contributed by atoms with E-state index in [0.717, 1.165) is 16.7 Å². The molecule has 4 nitrogen and oxygen atoms in total. The second-order valence-corrected chi connectivity index (χ2v) is 3.35. The van der Waals surface area contributed by atoms with Crippen molar-refractivity contribution in [1.29, 1.82) is 0 Å². The molecule has 0 heterocycles. The number of aliphatic hydroxyl groups is 1. The summed E-state index contributed by atoms with van der Waals surface area (Å²) in [4.78, 5) is 10.5. The number of nitroso groups, excluding NO2 is 1. The van der Waals surface area contributed by atoms with E-state index in [-0.39, 0.29) is 6.54 Å². The second kappa shape index (κ2) is 4.30. The lowest BCUT2D eigenvalue weighted by molar-refractivity contribution is 0.186. The van der Waals surface area contributed by atoms with E-state index < -0.39 is 6.10 Å². The molecule has 0 radical (unpaired) electrons. The summed E-state index contributed by atoms with van der Waals surface area (Å²) in [6.45, 7) is 3.75. The topological polar surface area (TPSA) is 75.7 Å². The predicted octanol–water partition coefficient (Wildman–Crippen LogP) is 1.69. The number of nitrogens with zero attached hydrogens (tertiary/aromatic N) is 1. The van der Waals surface area contributed by atoms with Gasteiger partial charge in [-0.3, -0.25) is 0 Å². The molecule has 0 aliphatic rings. The number of nitrogens with two attached hydrogens (primary N) is 1. The highest BCUT2D eigenvalue weighted by molar-refractivity contribution is 5.53. The zero-order chi connectivity index (χ0) is 10.7. The number of rotatable bonds is 3. The van der Waals surface area contributed by atoms with Crippen LogP contribution in [-0.2, 0) is 0 Å². The fourth-order valence-electron chi connectivity index (χ4n) is 1.46. The van der Waals surface area contributed by atoms with E-state index in [0.29, 0.717) is 5.69 Å². The molecule has 76 valence electrons. The van der Waals surface area contributed by atoms with Gasteiger partial charge in [0.1, 0.15) is 5.69 Å². The summed E-state index contributed by atoms with van der Waals surface area (Å²) in [6.07, 6.45) is -0.673. The molecule has 0 fully saturated rings. The highest BCUT2D eigenvalue weighted by atomic mass is 16.3. The second-order valence-electron chi connectivity index (χ2n) is 3.35. The number of aryl methyl sites for hydroxylation is 2. The van der Waals surface area contributed by atoms with Gasteiger partial charge in [0.25, 0.3) is 0 Å². The van der Waals surface area contributed by atoms with Crippen molar-refractivity contribution < 1.29 is 5.11 Å². The van der Waals surface area contributed by atoms with Crippen molar-refractivity contribution in [2.24, 2.45) is 10.9 Å². The molecule has 1 aromatic rings. The maximum Gasteiger partial charge on any atom is 0.113 e. The van der Waals surface area contributed by atoms with Crippen LogP contribution in [0.3, 0.4) is 0 Å². The fourth-order valence-corrected chi connectivity index (χ4v) is 1.46. The Bertz CT molecular complexity index is 327. The Morgan fingerprint density at radius 2 is 1.93 bits per heavy atom. The molecule has 1 atom stereocenters. The Kier molecular flexibility index (Phi) is 3.33. The molecule has 1 rings (SSSR count). The van der Waals surface area contributed by atoms with Gasteiger partial charge in [-0.1, -0.05) is 12.1 Å². The van der Waals surface area contributed by atoms with Crippen LogP contribution < -0.4 is 5.73 Å². The molecule has 0 spiro atoms. The highest BCUT2D eigenvalue weighted by Gasteiger charge is 2.10. The molecule has 0 aromatic heterocycles. The molecule has 1 aromatic carbocycles. The van der Waals surface area contributed by atoms with Crippen molar-refractivity contribution in [3.05, 3.63) is 33.7 Å². The summed E-state index contributed by atoms with van der Waals surface area (Å²) < 4.78 is 0. The van der Waals surface area contributed by atoms with E-state index >= 15 is 0 Å². The Morgan fingerprint density at radius 1 is 1.43 bits per heavy atom. The number of hydrogen-bond acceptors (Lipinski definition) is 4. The summed E-state index contributed by atoms with van der Waals surface area (Å²) in [5.41, 5.74) is 8.05. The summed E-state index contributed by atoms with van der Waals surface area (Å²) >= 11 is 0. The van der Waals surface area contributed by atoms with Crippen LogP contribution in [-0.4, -0.2) is 11.7 Å². The molecule has 4 heteroatoms. The average Bonchev–Trinajstić information content (AvgIpc) is 2.16. The van der Waals surface area contributed by atoms with E-state index in [9.17, 15) is 10.0 Å². The monoisotopic (exact) mass is 194 g/mol. The molecule has 0 bridgehead atoms.